The fourth-order valence-electron chi connectivity index (χ4n) is 3.62. The van der Waals surface area contributed by atoms with Gasteiger partial charge in [-0.3, -0.25) is 0 Å². The number of aromatic nitrogens is 1. The monoisotopic (exact) mass is 379 g/mol. The van der Waals surface area contributed by atoms with Crippen molar-refractivity contribution in [2.45, 2.75) is 53.8 Å². The Labute approximate surface area is 168 Å². The van der Waals surface area contributed by atoms with Crippen LogP contribution < -0.4 is 5.32 Å². The second-order valence-electron chi connectivity index (χ2n) is 7.49. The zero-order valence-corrected chi connectivity index (χ0v) is 17.7. The van der Waals surface area contributed by atoms with Crippen LogP contribution in [0.4, 0.5) is 5.69 Å². The Morgan fingerprint density at radius 2 is 1.78 bits per heavy atom. The Kier molecular flexibility index (Phi) is 5.85. The second-order valence-corrected chi connectivity index (χ2v) is 7.87. The van der Waals surface area contributed by atoms with Gasteiger partial charge in [0.1, 0.15) is 0 Å². The summed E-state index contributed by atoms with van der Waals surface area (Å²) in [4.78, 5) is 2.26. The predicted octanol–water partition coefficient (Wildman–Crippen LogP) is 5.89. The molecule has 0 atom stereocenters. The van der Waals surface area contributed by atoms with Crippen molar-refractivity contribution in [3.63, 3.8) is 0 Å². The van der Waals surface area contributed by atoms with Crippen molar-refractivity contribution in [1.29, 1.82) is 0 Å². The fraction of sp³-hybridized carbons (Fsp3) is 0.348. The van der Waals surface area contributed by atoms with Crippen LogP contribution in [-0.2, 0) is 13.1 Å². The summed E-state index contributed by atoms with van der Waals surface area (Å²) in [6.45, 7) is 12.5. The SMILES string of the molecule is CCn1cc(CN(C(=S)Nc2cc(C)cc(C)c2)C(C)C)c2ccccc21. The van der Waals surface area contributed by atoms with Gasteiger partial charge in [0.2, 0.25) is 0 Å². The highest BCUT2D eigenvalue weighted by atomic mass is 32.1. The Hall–Kier alpha value is -2.33. The van der Waals surface area contributed by atoms with Crippen LogP contribution in [0, 0.1) is 13.8 Å². The summed E-state index contributed by atoms with van der Waals surface area (Å²) in [5.74, 6) is 0. The number of hydrogen-bond acceptors (Lipinski definition) is 1. The molecule has 0 unspecified atom stereocenters. The van der Waals surface area contributed by atoms with Gasteiger partial charge in [0.25, 0.3) is 0 Å². The van der Waals surface area contributed by atoms with Gasteiger partial charge in [-0.2, -0.15) is 0 Å². The molecule has 4 heteroatoms. The van der Waals surface area contributed by atoms with E-state index in [1.54, 1.807) is 0 Å². The molecule has 0 saturated carbocycles. The van der Waals surface area contributed by atoms with Gasteiger partial charge in [-0.05, 0) is 81.7 Å². The fourth-order valence-corrected chi connectivity index (χ4v) is 4.02. The smallest absolute Gasteiger partial charge is 0.173 e. The lowest BCUT2D eigenvalue weighted by atomic mass is 10.1. The molecule has 3 rings (SSSR count). The molecule has 0 aliphatic rings. The summed E-state index contributed by atoms with van der Waals surface area (Å²) >= 11 is 5.79. The van der Waals surface area contributed by atoms with Crippen molar-refractivity contribution in [3.05, 3.63) is 65.4 Å². The largest absolute Gasteiger partial charge is 0.347 e. The molecule has 1 aromatic heterocycles. The molecule has 1 N–H and O–H groups in total. The first-order valence-corrected chi connectivity index (χ1v) is 10.0. The zero-order valence-electron chi connectivity index (χ0n) is 16.9. The van der Waals surface area contributed by atoms with E-state index < -0.39 is 0 Å². The van der Waals surface area contributed by atoms with Gasteiger partial charge >= 0.3 is 0 Å². The van der Waals surface area contributed by atoms with Crippen molar-refractivity contribution >= 4 is 33.9 Å². The van der Waals surface area contributed by atoms with Crippen molar-refractivity contribution in [3.8, 4) is 0 Å². The topological polar surface area (TPSA) is 20.2 Å². The molecule has 0 amide bonds. The number of hydrogen-bond donors (Lipinski definition) is 1. The average molecular weight is 380 g/mol. The lowest BCUT2D eigenvalue weighted by molar-refractivity contribution is 0.349. The molecular formula is C23H29N3S. The third-order valence-electron chi connectivity index (χ3n) is 4.91. The van der Waals surface area contributed by atoms with E-state index in [0.29, 0.717) is 6.04 Å². The first-order chi connectivity index (χ1) is 12.9. The Morgan fingerprint density at radius 3 is 2.41 bits per heavy atom. The van der Waals surface area contributed by atoms with E-state index in [1.165, 1.54) is 27.6 Å². The number of rotatable bonds is 5. The molecular weight excluding hydrogens is 350 g/mol. The zero-order chi connectivity index (χ0) is 19.6. The van der Waals surface area contributed by atoms with Gasteiger partial charge in [-0.1, -0.05) is 24.3 Å². The van der Waals surface area contributed by atoms with E-state index in [2.05, 4.69) is 98.1 Å². The first kappa shape index (κ1) is 19.4. The van der Waals surface area contributed by atoms with Crippen molar-refractivity contribution in [2.24, 2.45) is 0 Å². The summed E-state index contributed by atoms with van der Waals surface area (Å²) in [5.41, 5.74) is 6.13. The maximum absolute atomic E-state index is 5.79. The van der Waals surface area contributed by atoms with Crippen LogP contribution in [0.3, 0.4) is 0 Å². The molecule has 27 heavy (non-hydrogen) atoms. The summed E-state index contributed by atoms with van der Waals surface area (Å²) in [7, 11) is 0. The molecule has 2 aromatic carbocycles. The molecule has 3 aromatic rings. The van der Waals surface area contributed by atoms with E-state index in [9.17, 15) is 0 Å². The third kappa shape index (κ3) is 4.33. The third-order valence-corrected chi connectivity index (χ3v) is 5.25. The molecule has 0 aliphatic carbocycles. The van der Waals surface area contributed by atoms with Crippen LogP contribution >= 0.6 is 12.2 Å². The van der Waals surface area contributed by atoms with Gasteiger partial charge in [0.15, 0.2) is 5.11 Å². The minimum absolute atomic E-state index is 0.305. The number of anilines is 1. The number of para-hydroxylation sites is 1. The number of nitrogens with one attached hydrogen (secondary N) is 1. The Bertz CT molecular complexity index is 935. The number of benzene rings is 2. The van der Waals surface area contributed by atoms with Crippen LogP contribution in [0.2, 0.25) is 0 Å². The maximum atomic E-state index is 5.79. The molecule has 0 aliphatic heterocycles. The standard InChI is InChI=1S/C23H29N3S/c1-6-25-14-19(21-9-7-8-10-22(21)25)15-26(16(2)3)23(27)24-20-12-17(4)11-18(5)13-20/h7-14,16H,6,15H2,1-5H3,(H,24,27). The molecule has 0 bridgehead atoms. The molecule has 3 nitrogen and oxygen atoms in total. The number of fused-ring (bicyclic) bond motifs is 1. The Balaban J connectivity index is 1.87. The summed E-state index contributed by atoms with van der Waals surface area (Å²) in [6, 6.07) is 15.4. The number of aryl methyl sites for hydroxylation is 3. The van der Waals surface area contributed by atoms with Crippen molar-refractivity contribution < 1.29 is 0 Å². The average Bonchev–Trinajstić information content (AvgIpc) is 2.96. The number of thiocarbonyl (C=S) groups is 1. The van der Waals surface area contributed by atoms with Crippen LogP contribution in [0.1, 0.15) is 37.5 Å². The highest BCUT2D eigenvalue weighted by Gasteiger charge is 2.17. The normalized spacial score (nSPS) is 11.2. The van der Waals surface area contributed by atoms with Gasteiger partial charge in [0, 0.05) is 41.9 Å². The van der Waals surface area contributed by atoms with Crippen LogP contribution in [0.25, 0.3) is 10.9 Å². The lowest BCUT2D eigenvalue weighted by Gasteiger charge is -2.29. The van der Waals surface area contributed by atoms with E-state index in [-0.39, 0.29) is 0 Å². The molecule has 0 saturated heterocycles. The van der Waals surface area contributed by atoms with E-state index in [0.717, 1.165) is 23.9 Å². The lowest BCUT2D eigenvalue weighted by Crippen LogP contribution is -2.39. The molecule has 0 radical (unpaired) electrons. The molecule has 142 valence electrons. The van der Waals surface area contributed by atoms with Crippen molar-refractivity contribution in [2.75, 3.05) is 5.32 Å². The van der Waals surface area contributed by atoms with E-state index >= 15 is 0 Å². The highest BCUT2D eigenvalue weighted by molar-refractivity contribution is 7.80. The molecule has 0 fully saturated rings. The van der Waals surface area contributed by atoms with Gasteiger partial charge in [-0.25, -0.2) is 0 Å². The second kappa shape index (κ2) is 8.13. The predicted molar refractivity (Wildman–Crippen MR) is 120 cm³/mol. The van der Waals surface area contributed by atoms with E-state index in [4.69, 9.17) is 12.2 Å². The van der Waals surface area contributed by atoms with Crippen LogP contribution in [0.15, 0.2) is 48.7 Å². The number of nitrogens with zero attached hydrogens (tertiary/aromatic N) is 2. The Morgan fingerprint density at radius 1 is 1.11 bits per heavy atom. The van der Waals surface area contributed by atoms with Crippen molar-refractivity contribution in [1.82, 2.24) is 9.47 Å². The van der Waals surface area contributed by atoms with Gasteiger partial charge in [-0.15, -0.1) is 0 Å². The summed E-state index contributed by atoms with van der Waals surface area (Å²) in [5, 5.41) is 5.52. The minimum atomic E-state index is 0.305. The molecule has 1 heterocycles. The maximum Gasteiger partial charge on any atom is 0.173 e. The quantitative estimate of drug-likeness (QED) is 0.559. The van der Waals surface area contributed by atoms with Gasteiger partial charge < -0.3 is 14.8 Å². The summed E-state index contributed by atoms with van der Waals surface area (Å²) in [6.07, 6.45) is 2.26. The first-order valence-electron chi connectivity index (χ1n) is 9.61. The van der Waals surface area contributed by atoms with Crippen LogP contribution in [-0.4, -0.2) is 20.6 Å². The molecule has 0 spiro atoms. The summed E-state index contributed by atoms with van der Waals surface area (Å²) < 4.78 is 2.31. The highest BCUT2D eigenvalue weighted by Crippen LogP contribution is 2.24. The van der Waals surface area contributed by atoms with Crippen LogP contribution in [0.5, 0.6) is 0 Å². The minimum Gasteiger partial charge on any atom is -0.347 e. The van der Waals surface area contributed by atoms with Gasteiger partial charge in [0.05, 0.1) is 0 Å². The van der Waals surface area contributed by atoms with E-state index in [1.807, 2.05) is 0 Å².